The van der Waals surface area contributed by atoms with E-state index in [1.165, 1.54) is 23.8 Å². The molecular formula is C18H22F2IN3O2. The third kappa shape index (κ3) is 6.75. The molecule has 8 heteroatoms. The monoisotopic (exact) mass is 477 g/mol. The van der Waals surface area contributed by atoms with Crippen molar-refractivity contribution in [2.45, 2.75) is 26.6 Å². The number of anilines is 1. The summed E-state index contributed by atoms with van der Waals surface area (Å²) in [6.07, 6.45) is -0.985. The smallest absolute Gasteiger partial charge is 0.387 e. The van der Waals surface area contributed by atoms with Crippen LogP contribution in [0.25, 0.3) is 0 Å². The second-order valence-electron chi connectivity index (χ2n) is 5.62. The molecule has 0 saturated heterocycles. The molecule has 0 spiro atoms. The number of ether oxygens (including phenoxy) is 1. The van der Waals surface area contributed by atoms with Crippen LogP contribution >= 0.6 is 24.0 Å². The molecule has 2 rings (SSSR count). The average molecular weight is 477 g/mol. The van der Waals surface area contributed by atoms with Crippen LogP contribution < -0.4 is 15.8 Å². The summed E-state index contributed by atoms with van der Waals surface area (Å²) in [4.78, 5) is 4.08. The molecule has 142 valence electrons. The van der Waals surface area contributed by atoms with Crippen LogP contribution in [-0.2, 0) is 0 Å². The number of aliphatic imine (C=N–C) groups is 1. The van der Waals surface area contributed by atoms with Crippen LogP contribution in [0.2, 0.25) is 0 Å². The number of nitrogens with two attached hydrogens (primary N) is 1. The van der Waals surface area contributed by atoms with Gasteiger partial charge in [-0.25, -0.2) is 0 Å². The van der Waals surface area contributed by atoms with Gasteiger partial charge in [-0.3, -0.25) is 4.99 Å². The molecule has 0 fully saturated rings. The third-order valence-corrected chi connectivity index (χ3v) is 3.68. The lowest BCUT2D eigenvalue weighted by Gasteiger charge is -2.12. The van der Waals surface area contributed by atoms with Crippen molar-refractivity contribution in [1.82, 2.24) is 0 Å². The molecule has 5 nitrogen and oxygen atoms in total. The standard InChI is InChI=1S/C18H21F2N3O2.HI/c1-11-6-7-14(8-12(11)2)23-18(21)22-10-16(24)13-4-3-5-15(9-13)25-17(19)20;/h3-9,16-17,24H,10H2,1-2H3,(H3,21,22,23);1H. The molecule has 1 atom stereocenters. The first-order valence-electron chi connectivity index (χ1n) is 7.72. The molecule has 4 N–H and O–H groups in total. The first-order chi connectivity index (χ1) is 11.8. The van der Waals surface area contributed by atoms with E-state index in [9.17, 15) is 13.9 Å². The SMILES string of the molecule is Cc1ccc(NC(N)=NCC(O)c2cccc(OC(F)F)c2)cc1C.I. The highest BCUT2D eigenvalue weighted by atomic mass is 127. The molecule has 0 radical (unpaired) electrons. The number of aliphatic hydroxyl groups is 1. The van der Waals surface area contributed by atoms with Crippen molar-refractivity contribution >= 4 is 35.6 Å². The Bertz CT molecular complexity index is 757. The van der Waals surface area contributed by atoms with E-state index in [2.05, 4.69) is 15.0 Å². The summed E-state index contributed by atoms with van der Waals surface area (Å²) in [7, 11) is 0. The molecular weight excluding hydrogens is 455 g/mol. The second kappa shape index (κ2) is 10.3. The fourth-order valence-corrected chi connectivity index (χ4v) is 2.19. The van der Waals surface area contributed by atoms with E-state index in [1.54, 1.807) is 6.07 Å². The molecule has 0 aliphatic carbocycles. The summed E-state index contributed by atoms with van der Waals surface area (Å²) in [6, 6.07) is 11.7. The van der Waals surface area contributed by atoms with Crippen molar-refractivity contribution in [3.63, 3.8) is 0 Å². The third-order valence-electron chi connectivity index (χ3n) is 3.68. The Morgan fingerprint density at radius 2 is 1.92 bits per heavy atom. The van der Waals surface area contributed by atoms with Gasteiger partial charge in [0.1, 0.15) is 5.75 Å². The van der Waals surface area contributed by atoms with Crippen molar-refractivity contribution in [1.29, 1.82) is 0 Å². The van der Waals surface area contributed by atoms with E-state index in [0.717, 1.165) is 11.3 Å². The number of halogens is 3. The van der Waals surface area contributed by atoms with Crippen molar-refractivity contribution in [3.05, 3.63) is 59.2 Å². The lowest BCUT2D eigenvalue weighted by Crippen LogP contribution is -2.23. The Labute approximate surface area is 168 Å². The van der Waals surface area contributed by atoms with Crippen molar-refractivity contribution < 1.29 is 18.6 Å². The van der Waals surface area contributed by atoms with Gasteiger partial charge in [0.15, 0.2) is 5.96 Å². The molecule has 0 aliphatic heterocycles. The fraction of sp³-hybridized carbons (Fsp3) is 0.278. The van der Waals surface area contributed by atoms with E-state index >= 15 is 0 Å². The number of alkyl halides is 2. The topological polar surface area (TPSA) is 79.9 Å². The number of rotatable bonds is 6. The molecule has 2 aromatic carbocycles. The lowest BCUT2D eigenvalue weighted by molar-refractivity contribution is -0.0499. The van der Waals surface area contributed by atoms with Gasteiger partial charge >= 0.3 is 6.61 Å². The number of nitrogens with one attached hydrogen (secondary N) is 1. The Balaban J connectivity index is 0.00000338. The normalized spacial score (nSPS) is 12.5. The van der Waals surface area contributed by atoms with Crippen molar-refractivity contribution in [2.24, 2.45) is 10.7 Å². The minimum Gasteiger partial charge on any atom is -0.435 e. The van der Waals surface area contributed by atoms with Crippen molar-refractivity contribution in [3.8, 4) is 5.75 Å². The number of aliphatic hydroxyl groups excluding tert-OH is 1. The zero-order chi connectivity index (χ0) is 18.4. The fourth-order valence-electron chi connectivity index (χ4n) is 2.19. The van der Waals surface area contributed by atoms with Gasteiger partial charge in [-0.15, -0.1) is 24.0 Å². The zero-order valence-corrected chi connectivity index (χ0v) is 16.8. The molecule has 0 aliphatic rings. The maximum Gasteiger partial charge on any atom is 0.387 e. The van der Waals surface area contributed by atoms with Crippen molar-refractivity contribution in [2.75, 3.05) is 11.9 Å². The number of nitrogens with zero attached hydrogens (tertiary/aromatic N) is 1. The Kier molecular flexibility index (Phi) is 8.73. The van der Waals surface area contributed by atoms with Gasteiger partial charge in [0.05, 0.1) is 12.6 Å². The summed E-state index contributed by atoms with van der Waals surface area (Å²) in [5.41, 5.74) is 9.32. The zero-order valence-electron chi connectivity index (χ0n) is 14.4. The average Bonchev–Trinajstić information content (AvgIpc) is 2.55. The van der Waals surface area contributed by atoms with E-state index in [-0.39, 0.29) is 42.2 Å². The number of aryl methyl sites for hydroxylation is 2. The molecule has 0 bridgehead atoms. The Hall–Kier alpha value is -1.94. The maximum absolute atomic E-state index is 12.2. The Morgan fingerprint density at radius 3 is 2.58 bits per heavy atom. The Morgan fingerprint density at radius 1 is 1.19 bits per heavy atom. The molecule has 0 heterocycles. The van der Waals surface area contributed by atoms with Gasteiger partial charge in [-0.1, -0.05) is 18.2 Å². The maximum atomic E-state index is 12.2. The number of hydrogen-bond acceptors (Lipinski definition) is 3. The predicted octanol–water partition coefficient (Wildman–Crippen LogP) is 3.98. The van der Waals surface area contributed by atoms with Gasteiger partial charge in [-0.05, 0) is 54.8 Å². The van der Waals surface area contributed by atoms with Crippen LogP contribution in [0, 0.1) is 13.8 Å². The minimum absolute atomic E-state index is 0. The summed E-state index contributed by atoms with van der Waals surface area (Å²) >= 11 is 0. The first kappa shape index (κ1) is 22.1. The molecule has 1 unspecified atom stereocenters. The van der Waals surface area contributed by atoms with Crippen LogP contribution in [0.1, 0.15) is 22.8 Å². The van der Waals surface area contributed by atoms with Gasteiger partial charge in [-0.2, -0.15) is 8.78 Å². The molecule has 0 saturated carbocycles. The summed E-state index contributed by atoms with van der Waals surface area (Å²) in [5, 5.41) is 13.1. The largest absolute Gasteiger partial charge is 0.435 e. The molecule has 0 aromatic heterocycles. The number of benzene rings is 2. The van der Waals surface area contributed by atoms with Gasteiger partial charge in [0.25, 0.3) is 0 Å². The summed E-state index contributed by atoms with van der Waals surface area (Å²) in [5.74, 6) is 0.138. The van der Waals surface area contributed by atoms with Gasteiger partial charge in [0, 0.05) is 5.69 Å². The minimum atomic E-state index is -2.91. The molecule has 2 aromatic rings. The van der Waals surface area contributed by atoms with Crippen LogP contribution in [-0.4, -0.2) is 24.2 Å². The van der Waals surface area contributed by atoms with E-state index < -0.39 is 12.7 Å². The summed E-state index contributed by atoms with van der Waals surface area (Å²) in [6.45, 7) is 1.08. The number of guanidine groups is 1. The lowest BCUT2D eigenvalue weighted by atomic mass is 10.1. The highest BCUT2D eigenvalue weighted by molar-refractivity contribution is 14.0. The molecule has 0 amide bonds. The second-order valence-corrected chi connectivity index (χ2v) is 5.62. The first-order valence-corrected chi connectivity index (χ1v) is 7.72. The van der Waals surface area contributed by atoms with Crippen LogP contribution in [0.5, 0.6) is 5.75 Å². The highest BCUT2D eigenvalue weighted by Gasteiger charge is 2.10. The molecule has 26 heavy (non-hydrogen) atoms. The quantitative estimate of drug-likeness (QED) is 0.334. The van der Waals surface area contributed by atoms with Crippen LogP contribution in [0.3, 0.4) is 0 Å². The summed E-state index contributed by atoms with van der Waals surface area (Å²) < 4.78 is 28.8. The predicted molar refractivity (Wildman–Crippen MR) is 109 cm³/mol. The number of hydrogen-bond donors (Lipinski definition) is 3. The highest BCUT2D eigenvalue weighted by Crippen LogP contribution is 2.21. The van der Waals surface area contributed by atoms with Crippen LogP contribution in [0.15, 0.2) is 47.5 Å². The van der Waals surface area contributed by atoms with Crippen LogP contribution in [0.4, 0.5) is 14.5 Å². The van der Waals surface area contributed by atoms with E-state index in [4.69, 9.17) is 5.73 Å². The van der Waals surface area contributed by atoms with Gasteiger partial charge < -0.3 is 20.9 Å². The van der Waals surface area contributed by atoms with E-state index in [0.29, 0.717) is 5.56 Å². The van der Waals surface area contributed by atoms with E-state index in [1.807, 2.05) is 32.0 Å². The van der Waals surface area contributed by atoms with Gasteiger partial charge in [0.2, 0.25) is 0 Å².